The van der Waals surface area contributed by atoms with Crippen LogP contribution in [0.15, 0.2) is 12.1 Å². The fraction of sp³-hybridized carbons (Fsp3) is 0.300. The normalized spacial score (nSPS) is 11.5. The number of aromatic carboxylic acids is 1. The monoisotopic (exact) mass is 279 g/mol. The molecule has 0 radical (unpaired) electrons. The van der Waals surface area contributed by atoms with Gasteiger partial charge < -0.3 is 5.11 Å². The van der Waals surface area contributed by atoms with Crippen LogP contribution in [0.1, 0.15) is 15.9 Å². The molecule has 1 rings (SSSR count). The number of carbonyl (C=O) groups is 1. The molecule has 0 aliphatic heterocycles. The van der Waals surface area contributed by atoms with Crippen molar-refractivity contribution in [2.24, 2.45) is 0 Å². The molecule has 1 aromatic carbocycles. The summed E-state index contributed by atoms with van der Waals surface area (Å²) in [5, 5.41) is 8.55. The minimum atomic E-state index is -3.37. The van der Waals surface area contributed by atoms with Crippen LogP contribution in [0.4, 0.5) is 8.78 Å². The quantitative estimate of drug-likeness (QED) is 0.833. The van der Waals surface area contributed by atoms with Crippen LogP contribution in [-0.2, 0) is 16.4 Å². The number of hydrogen-bond donors (Lipinski definition) is 2. The van der Waals surface area contributed by atoms with Gasteiger partial charge in [-0.05, 0) is 24.1 Å². The van der Waals surface area contributed by atoms with Gasteiger partial charge in [0.2, 0.25) is 10.0 Å². The van der Waals surface area contributed by atoms with Gasteiger partial charge >= 0.3 is 5.97 Å². The van der Waals surface area contributed by atoms with Gasteiger partial charge in [-0.15, -0.1) is 0 Å². The Bertz CT molecular complexity index is 548. The topological polar surface area (TPSA) is 83.5 Å². The number of benzene rings is 1. The predicted octanol–water partition coefficient (Wildman–Crippen LogP) is 0.755. The molecule has 5 nitrogen and oxygen atoms in total. The van der Waals surface area contributed by atoms with E-state index in [1.807, 2.05) is 0 Å². The zero-order valence-electron chi connectivity index (χ0n) is 9.41. The Morgan fingerprint density at radius 2 is 1.83 bits per heavy atom. The van der Waals surface area contributed by atoms with E-state index in [1.54, 1.807) is 0 Å². The number of carboxylic acid groups (broad SMARTS) is 1. The Balaban J connectivity index is 2.84. The van der Waals surface area contributed by atoms with Crippen LogP contribution in [-0.4, -0.2) is 32.3 Å². The number of hydrogen-bond acceptors (Lipinski definition) is 3. The Labute approximate surface area is 102 Å². The fourth-order valence-corrected chi connectivity index (χ4v) is 1.83. The molecule has 0 atom stereocenters. The highest BCUT2D eigenvalue weighted by molar-refractivity contribution is 7.88. The summed E-state index contributed by atoms with van der Waals surface area (Å²) in [6, 6.07) is 1.74. The lowest BCUT2D eigenvalue weighted by molar-refractivity contribution is 0.0686. The van der Waals surface area contributed by atoms with Crippen molar-refractivity contribution >= 4 is 16.0 Å². The van der Waals surface area contributed by atoms with Gasteiger partial charge in [0.05, 0.1) is 6.26 Å². The van der Waals surface area contributed by atoms with Crippen LogP contribution in [0.25, 0.3) is 0 Å². The van der Waals surface area contributed by atoms with E-state index in [4.69, 9.17) is 5.11 Å². The Kier molecular flexibility index (Phi) is 4.36. The maximum atomic E-state index is 13.3. The van der Waals surface area contributed by atoms with Crippen molar-refractivity contribution < 1.29 is 27.1 Å². The summed E-state index contributed by atoms with van der Waals surface area (Å²) < 4.78 is 50.2. The summed E-state index contributed by atoms with van der Waals surface area (Å²) in [4.78, 5) is 10.5. The molecule has 0 heterocycles. The highest BCUT2D eigenvalue weighted by atomic mass is 32.2. The maximum absolute atomic E-state index is 13.3. The van der Waals surface area contributed by atoms with E-state index in [0.717, 1.165) is 18.4 Å². The summed E-state index contributed by atoms with van der Waals surface area (Å²) in [6.45, 7) is -0.0237. The summed E-state index contributed by atoms with van der Waals surface area (Å²) in [7, 11) is -3.37. The lowest BCUT2D eigenvalue weighted by Crippen LogP contribution is -2.24. The molecular weight excluding hydrogens is 268 g/mol. The van der Waals surface area contributed by atoms with Crippen LogP contribution in [0.5, 0.6) is 0 Å². The van der Waals surface area contributed by atoms with Gasteiger partial charge in [0.15, 0.2) is 0 Å². The van der Waals surface area contributed by atoms with Gasteiger partial charge in [-0.25, -0.2) is 26.7 Å². The van der Waals surface area contributed by atoms with Gasteiger partial charge in [-0.3, -0.25) is 0 Å². The van der Waals surface area contributed by atoms with Crippen LogP contribution >= 0.6 is 0 Å². The third-order valence-corrected chi connectivity index (χ3v) is 2.82. The molecule has 0 bridgehead atoms. The van der Waals surface area contributed by atoms with Crippen molar-refractivity contribution in [2.75, 3.05) is 12.8 Å². The highest BCUT2D eigenvalue weighted by Gasteiger charge is 2.17. The van der Waals surface area contributed by atoms with Crippen LogP contribution in [0.2, 0.25) is 0 Å². The second kappa shape index (κ2) is 5.40. The average Bonchev–Trinajstić information content (AvgIpc) is 2.13. The summed E-state index contributed by atoms with van der Waals surface area (Å²) in [5.41, 5.74) is -0.846. The molecule has 1 aromatic rings. The number of halogens is 2. The van der Waals surface area contributed by atoms with Gasteiger partial charge in [-0.1, -0.05) is 0 Å². The smallest absolute Gasteiger partial charge is 0.341 e. The number of carboxylic acids is 1. The predicted molar refractivity (Wildman–Crippen MR) is 59.9 cm³/mol. The fourth-order valence-electron chi connectivity index (χ4n) is 1.36. The van der Waals surface area contributed by atoms with Crippen molar-refractivity contribution in [1.29, 1.82) is 0 Å². The molecule has 8 heteroatoms. The molecule has 100 valence electrons. The van der Waals surface area contributed by atoms with E-state index >= 15 is 0 Å². The molecule has 0 aliphatic carbocycles. The van der Waals surface area contributed by atoms with E-state index in [1.165, 1.54) is 0 Å². The van der Waals surface area contributed by atoms with Crippen molar-refractivity contribution in [3.05, 3.63) is 34.9 Å². The Morgan fingerprint density at radius 1 is 1.33 bits per heavy atom. The van der Waals surface area contributed by atoms with Crippen molar-refractivity contribution in [3.63, 3.8) is 0 Å². The number of nitrogens with one attached hydrogen (secondary N) is 1. The second-order valence-corrected chi connectivity index (χ2v) is 5.49. The van der Waals surface area contributed by atoms with Gasteiger partial charge in [0, 0.05) is 6.54 Å². The molecule has 0 saturated heterocycles. The molecule has 0 aromatic heterocycles. The molecule has 2 N–H and O–H groups in total. The lowest BCUT2D eigenvalue weighted by atomic mass is 10.1. The van der Waals surface area contributed by atoms with E-state index in [9.17, 15) is 22.0 Å². The van der Waals surface area contributed by atoms with Crippen molar-refractivity contribution in [3.8, 4) is 0 Å². The van der Waals surface area contributed by atoms with E-state index in [0.29, 0.717) is 0 Å². The zero-order chi connectivity index (χ0) is 13.9. The molecule has 0 unspecified atom stereocenters. The largest absolute Gasteiger partial charge is 0.477 e. The molecule has 0 saturated carbocycles. The molecule has 0 spiro atoms. The highest BCUT2D eigenvalue weighted by Crippen LogP contribution is 2.15. The summed E-state index contributed by atoms with van der Waals surface area (Å²) >= 11 is 0. The summed E-state index contributed by atoms with van der Waals surface area (Å²) in [6.07, 6.45) is 1.02. The van der Waals surface area contributed by atoms with E-state index in [2.05, 4.69) is 4.72 Å². The summed E-state index contributed by atoms with van der Waals surface area (Å²) in [5.74, 6) is -4.06. The van der Waals surface area contributed by atoms with Gasteiger partial charge in [0.1, 0.15) is 17.2 Å². The molecule has 0 amide bonds. The first kappa shape index (κ1) is 14.5. The third-order valence-electron chi connectivity index (χ3n) is 2.09. The second-order valence-electron chi connectivity index (χ2n) is 3.66. The molecule has 0 fully saturated rings. The van der Waals surface area contributed by atoms with Gasteiger partial charge in [-0.2, -0.15) is 0 Å². The van der Waals surface area contributed by atoms with Crippen molar-refractivity contribution in [1.82, 2.24) is 4.72 Å². The number of rotatable bonds is 5. The maximum Gasteiger partial charge on any atom is 0.341 e. The minimum Gasteiger partial charge on any atom is -0.477 e. The first-order chi connectivity index (χ1) is 8.20. The van der Waals surface area contributed by atoms with Crippen LogP contribution in [0.3, 0.4) is 0 Å². The molecular formula is C10H11F2NO4S. The van der Waals surface area contributed by atoms with Crippen molar-refractivity contribution in [2.45, 2.75) is 6.42 Å². The average molecular weight is 279 g/mol. The van der Waals surface area contributed by atoms with Crippen LogP contribution in [0, 0.1) is 11.6 Å². The Hall–Kier alpha value is -1.54. The zero-order valence-corrected chi connectivity index (χ0v) is 10.2. The standard InChI is InChI=1S/C10H11F2NO4S/c1-18(16,17)13-3-2-6-4-7(11)9(10(14)15)8(12)5-6/h4-5,13H,2-3H2,1H3,(H,14,15). The van der Waals surface area contributed by atoms with Gasteiger partial charge in [0.25, 0.3) is 0 Å². The van der Waals surface area contributed by atoms with E-state index < -0.39 is 33.2 Å². The first-order valence-corrected chi connectivity index (χ1v) is 6.75. The molecule has 18 heavy (non-hydrogen) atoms. The Morgan fingerprint density at radius 3 is 2.22 bits per heavy atom. The SMILES string of the molecule is CS(=O)(=O)NCCc1cc(F)c(C(=O)O)c(F)c1. The van der Waals surface area contributed by atoms with Crippen LogP contribution < -0.4 is 4.72 Å². The third kappa shape index (κ3) is 4.04. The minimum absolute atomic E-state index is 0.0237. The number of sulfonamides is 1. The lowest BCUT2D eigenvalue weighted by Gasteiger charge is -2.05. The first-order valence-electron chi connectivity index (χ1n) is 4.86. The molecule has 0 aliphatic rings. The van der Waals surface area contributed by atoms with E-state index in [-0.39, 0.29) is 18.5 Å².